The molecule has 0 unspecified atom stereocenters. The Morgan fingerprint density at radius 3 is 2.53 bits per heavy atom. The van der Waals surface area contributed by atoms with Crippen molar-refractivity contribution in [1.29, 1.82) is 0 Å². The molecule has 96 valence electrons. The number of nitrogens with zero attached hydrogens (tertiary/aromatic N) is 1. The van der Waals surface area contributed by atoms with Crippen molar-refractivity contribution in [3.63, 3.8) is 0 Å². The fourth-order valence-electron chi connectivity index (χ4n) is 1.70. The summed E-state index contributed by atoms with van der Waals surface area (Å²) in [6.45, 7) is 2.15. The Balaban J connectivity index is 2.41. The van der Waals surface area contributed by atoms with Gasteiger partial charge in [-0.05, 0) is 30.7 Å². The predicted molar refractivity (Wildman–Crippen MR) is 75.2 cm³/mol. The molecule has 19 heavy (non-hydrogen) atoms. The van der Waals surface area contributed by atoms with Crippen LogP contribution in [0.4, 0.5) is 0 Å². The molecule has 0 N–H and O–H groups in total. The van der Waals surface area contributed by atoms with Crippen LogP contribution in [0.1, 0.15) is 18.2 Å². The lowest BCUT2D eigenvalue weighted by molar-refractivity contribution is -0.136. The lowest BCUT2D eigenvalue weighted by Gasteiger charge is -2.07. The van der Waals surface area contributed by atoms with Crippen LogP contribution < -0.4 is 0 Å². The molecule has 0 aliphatic carbocycles. The van der Waals surface area contributed by atoms with Crippen LogP contribution in [0.5, 0.6) is 0 Å². The standard InChI is InChI=1S/C16H15NO2/c1-2-19-16(18)15(13-8-4-3-5-9-13)12-14-10-6-7-11-17-14/h3-12H,2H2,1H3/b15-12-. The molecule has 0 spiro atoms. The summed E-state index contributed by atoms with van der Waals surface area (Å²) in [5.41, 5.74) is 2.07. The van der Waals surface area contributed by atoms with Crippen molar-refractivity contribution in [2.45, 2.75) is 6.92 Å². The van der Waals surface area contributed by atoms with Crippen molar-refractivity contribution in [1.82, 2.24) is 4.98 Å². The van der Waals surface area contributed by atoms with E-state index < -0.39 is 0 Å². The summed E-state index contributed by atoms with van der Waals surface area (Å²) in [5, 5.41) is 0. The maximum atomic E-state index is 12.0. The average Bonchev–Trinajstić information content (AvgIpc) is 2.47. The van der Waals surface area contributed by atoms with E-state index in [9.17, 15) is 4.79 Å². The first kappa shape index (κ1) is 13.0. The fraction of sp³-hybridized carbons (Fsp3) is 0.125. The van der Waals surface area contributed by atoms with Gasteiger partial charge in [-0.25, -0.2) is 4.79 Å². The molecule has 2 rings (SSSR count). The molecule has 0 atom stereocenters. The van der Waals surface area contributed by atoms with Crippen LogP contribution in [-0.2, 0) is 9.53 Å². The lowest BCUT2D eigenvalue weighted by Crippen LogP contribution is -2.06. The van der Waals surface area contributed by atoms with E-state index in [2.05, 4.69) is 4.98 Å². The van der Waals surface area contributed by atoms with Gasteiger partial charge in [0.25, 0.3) is 0 Å². The Hall–Kier alpha value is -2.42. The summed E-state index contributed by atoms with van der Waals surface area (Å²) in [5.74, 6) is -0.334. The first-order chi connectivity index (χ1) is 9.31. The smallest absolute Gasteiger partial charge is 0.338 e. The van der Waals surface area contributed by atoms with Crippen LogP contribution in [0.2, 0.25) is 0 Å². The van der Waals surface area contributed by atoms with Crippen LogP contribution >= 0.6 is 0 Å². The van der Waals surface area contributed by atoms with Crippen LogP contribution in [0.25, 0.3) is 11.6 Å². The number of esters is 1. The zero-order valence-corrected chi connectivity index (χ0v) is 10.7. The third-order valence-electron chi connectivity index (χ3n) is 2.56. The molecule has 3 heteroatoms. The summed E-state index contributed by atoms with van der Waals surface area (Å²) in [7, 11) is 0. The summed E-state index contributed by atoms with van der Waals surface area (Å²) in [6, 6.07) is 15.0. The normalized spacial score (nSPS) is 11.1. The van der Waals surface area contributed by atoms with E-state index >= 15 is 0 Å². The van der Waals surface area contributed by atoms with Crippen LogP contribution in [0.15, 0.2) is 54.7 Å². The van der Waals surface area contributed by atoms with Gasteiger partial charge in [0.1, 0.15) is 0 Å². The van der Waals surface area contributed by atoms with Crippen molar-refractivity contribution in [3.05, 3.63) is 66.0 Å². The molecule has 0 aliphatic rings. The highest BCUT2D eigenvalue weighted by Gasteiger charge is 2.13. The van der Waals surface area contributed by atoms with Crippen molar-refractivity contribution < 1.29 is 9.53 Å². The second kappa shape index (κ2) is 6.50. The van der Waals surface area contributed by atoms with E-state index in [1.807, 2.05) is 48.5 Å². The summed E-state index contributed by atoms with van der Waals surface area (Å²) in [6.07, 6.45) is 3.44. The molecular formula is C16H15NO2. The number of carbonyl (C=O) groups is 1. The van der Waals surface area contributed by atoms with E-state index in [1.54, 1.807) is 19.2 Å². The molecule has 1 aromatic heterocycles. The Morgan fingerprint density at radius 1 is 1.16 bits per heavy atom. The molecule has 0 amide bonds. The van der Waals surface area contributed by atoms with Gasteiger partial charge in [0.15, 0.2) is 0 Å². The number of aromatic nitrogens is 1. The minimum Gasteiger partial charge on any atom is -0.462 e. The van der Waals surface area contributed by atoms with Crippen molar-refractivity contribution in [2.24, 2.45) is 0 Å². The monoisotopic (exact) mass is 253 g/mol. The highest BCUT2D eigenvalue weighted by Crippen LogP contribution is 2.18. The quantitative estimate of drug-likeness (QED) is 0.620. The van der Waals surface area contributed by atoms with Crippen LogP contribution in [-0.4, -0.2) is 17.6 Å². The zero-order chi connectivity index (χ0) is 13.5. The van der Waals surface area contributed by atoms with E-state index in [4.69, 9.17) is 4.74 Å². The van der Waals surface area contributed by atoms with E-state index in [0.717, 1.165) is 11.3 Å². The molecule has 0 bridgehead atoms. The molecule has 1 aromatic carbocycles. The van der Waals surface area contributed by atoms with Gasteiger partial charge in [-0.2, -0.15) is 0 Å². The molecule has 0 saturated heterocycles. The van der Waals surface area contributed by atoms with Crippen molar-refractivity contribution in [3.8, 4) is 0 Å². The first-order valence-electron chi connectivity index (χ1n) is 6.16. The molecule has 0 fully saturated rings. The number of benzene rings is 1. The minimum absolute atomic E-state index is 0.334. The van der Waals surface area contributed by atoms with E-state index in [-0.39, 0.29) is 5.97 Å². The second-order valence-electron chi connectivity index (χ2n) is 3.90. The van der Waals surface area contributed by atoms with Crippen molar-refractivity contribution in [2.75, 3.05) is 6.61 Å². The van der Waals surface area contributed by atoms with Gasteiger partial charge in [0.05, 0.1) is 17.9 Å². The van der Waals surface area contributed by atoms with Crippen molar-refractivity contribution >= 4 is 17.6 Å². The zero-order valence-electron chi connectivity index (χ0n) is 10.7. The number of hydrogen-bond donors (Lipinski definition) is 0. The number of pyridine rings is 1. The Morgan fingerprint density at radius 2 is 1.89 bits per heavy atom. The van der Waals surface area contributed by atoms with Gasteiger partial charge in [0.2, 0.25) is 0 Å². The number of hydrogen-bond acceptors (Lipinski definition) is 3. The van der Waals surface area contributed by atoms with Gasteiger partial charge in [0, 0.05) is 6.20 Å². The van der Waals surface area contributed by atoms with Gasteiger partial charge < -0.3 is 4.74 Å². The predicted octanol–water partition coefficient (Wildman–Crippen LogP) is 3.19. The maximum Gasteiger partial charge on any atom is 0.338 e. The molecule has 0 aliphatic heterocycles. The topological polar surface area (TPSA) is 39.2 Å². The fourth-order valence-corrected chi connectivity index (χ4v) is 1.70. The molecule has 2 aromatic rings. The molecule has 0 radical (unpaired) electrons. The van der Waals surface area contributed by atoms with Crippen LogP contribution in [0.3, 0.4) is 0 Å². The largest absolute Gasteiger partial charge is 0.462 e. The van der Waals surface area contributed by atoms with E-state index in [0.29, 0.717) is 12.2 Å². The summed E-state index contributed by atoms with van der Waals surface area (Å²) < 4.78 is 5.10. The molecule has 3 nitrogen and oxygen atoms in total. The van der Waals surface area contributed by atoms with Gasteiger partial charge in [-0.3, -0.25) is 4.98 Å². The van der Waals surface area contributed by atoms with Gasteiger partial charge >= 0.3 is 5.97 Å². The molecule has 0 saturated carbocycles. The minimum atomic E-state index is -0.334. The highest BCUT2D eigenvalue weighted by molar-refractivity contribution is 6.21. The number of carbonyl (C=O) groups excluding carboxylic acids is 1. The third kappa shape index (κ3) is 3.52. The first-order valence-corrected chi connectivity index (χ1v) is 6.16. The summed E-state index contributed by atoms with van der Waals surface area (Å²) >= 11 is 0. The second-order valence-corrected chi connectivity index (χ2v) is 3.90. The lowest BCUT2D eigenvalue weighted by atomic mass is 10.0. The number of ether oxygens (including phenoxy) is 1. The van der Waals surface area contributed by atoms with Gasteiger partial charge in [-0.15, -0.1) is 0 Å². The SMILES string of the molecule is CCOC(=O)/C(=C\c1ccccn1)c1ccccc1. The molecular weight excluding hydrogens is 238 g/mol. The van der Waals surface area contributed by atoms with Gasteiger partial charge in [-0.1, -0.05) is 36.4 Å². The number of rotatable bonds is 4. The van der Waals surface area contributed by atoms with Crippen LogP contribution in [0, 0.1) is 0 Å². The Labute approximate surface area is 112 Å². The highest BCUT2D eigenvalue weighted by atomic mass is 16.5. The average molecular weight is 253 g/mol. The summed E-state index contributed by atoms with van der Waals surface area (Å²) in [4.78, 5) is 16.2. The third-order valence-corrected chi connectivity index (χ3v) is 2.56. The van der Waals surface area contributed by atoms with E-state index in [1.165, 1.54) is 0 Å². The Kier molecular flexibility index (Phi) is 4.45. The molecule has 1 heterocycles. The maximum absolute atomic E-state index is 12.0. The Bertz CT molecular complexity index is 562.